The van der Waals surface area contributed by atoms with Gasteiger partial charge in [0.25, 0.3) is 0 Å². The third-order valence-corrected chi connectivity index (χ3v) is 2.40. The molecule has 0 aliphatic heterocycles. The highest BCUT2D eigenvalue weighted by molar-refractivity contribution is 4.69. The molecule has 15 heavy (non-hydrogen) atoms. The molecule has 0 spiro atoms. The number of ether oxygens (including phenoxy) is 2. The van der Waals surface area contributed by atoms with E-state index in [0.29, 0.717) is 0 Å². The first-order valence-electron chi connectivity index (χ1n) is 6.52. The van der Waals surface area contributed by atoms with Crippen molar-refractivity contribution in [3.63, 3.8) is 0 Å². The maximum absolute atomic E-state index is 5.94. The molecule has 0 atom stereocenters. The van der Waals surface area contributed by atoms with Crippen molar-refractivity contribution in [1.29, 1.82) is 0 Å². The lowest BCUT2D eigenvalue weighted by molar-refractivity contribution is -0.245. The summed E-state index contributed by atoms with van der Waals surface area (Å²) in [7, 11) is 0. The van der Waals surface area contributed by atoms with Crippen molar-refractivity contribution in [2.75, 3.05) is 13.2 Å². The van der Waals surface area contributed by atoms with Gasteiger partial charge < -0.3 is 9.47 Å². The van der Waals surface area contributed by atoms with Crippen LogP contribution in [-0.2, 0) is 9.47 Å². The maximum Gasteiger partial charge on any atom is 0.168 e. The quantitative estimate of drug-likeness (QED) is 0.511. The van der Waals surface area contributed by atoms with Gasteiger partial charge in [-0.25, -0.2) is 0 Å². The van der Waals surface area contributed by atoms with E-state index in [0.717, 1.165) is 51.7 Å². The first-order chi connectivity index (χ1) is 7.24. The summed E-state index contributed by atoms with van der Waals surface area (Å²) in [5, 5.41) is 0. The Balaban J connectivity index is 4.26. The molecular weight excluding hydrogens is 188 g/mol. The van der Waals surface area contributed by atoms with Crippen LogP contribution in [0.15, 0.2) is 0 Å². The highest BCUT2D eigenvalue weighted by atomic mass is 16.7. The molecule has 0 bridgehead atoms. The molecule has 0 radical (unpaired) electrons. The fraction of sp³-hybridized carbons (Fsp3) is 1.00. The smallest absolute Gasteiger partial charge is 0.168 e. The zero-order valence-corrected chi connectivity index (χ0v) is 11.0. The molecule has 0 heterocycles. The van der Waals surface area contributed by atoms with Crippen molar-refractivity contribution in [1.82, 2.24) is 0 Å². The Bertz CT molecular complexity index is 118. The lowest BCUT2D eigenvalue weighted by Crippen LogP contribution is -2.36. The second-order valence-electron chi connectivity index (χ2n) is 4.11. The molecule has 92 valence electrons. The second-order valence-corrected chi connectivity index (χ2v) is 4.11. The molecule has 0 aromatic heterocycles. The molecular formula is C13H28O2. The van der Waals surface area contributed by atoms with Crippen LogP contribution in [0.3, 0.4) is 0 Å². The Kier molecular flexibility index (Phi) is 9.12. The summed E-state index contributed by atoms with van der Waals surface area (Å²) in [6.45, 7) is 10.3. The predicted octanol–water partition coefficient (Wildman–Crippen LogP) is 4.14. The molecule has 0 aliphatic carbocycles. The summed E-state index contributed by atoms with van der Waals surface area (Å²) >= 11 is 0. The monoisotopic (exact) mass is 216 g/mol. The molecule has 0 saturated carbocycles. The standard InChI is InChI=1S/C13H28O2/c1-5-9-13(10-6-2,14-11-7-3)15-12-8-4/h5-12H2,1-4H3. The van der Waals surface area contributed by atoms with Crippen molar-refractivity contribution >= 4 is 0 Å². The Hall–Kier alpha value is -0.0800. The van der Waals surface area contributed by atoms with Gasteiger partial charge in [-0.05, 0) is 12.8 Å². The van der Waals surface area contributed by atoms with E-state index in [-0.39, 0.29) is 5.79 Å². The van der Waals surface area contributed by atoms with Crippen LogP contribution in [0.5, 0.6) is 0 Å². The Morgan fingerprint density at radius 2 is 1.07 bits per heavy atom. The van der Waals surface area contributed by atoms with Gasteiger partial charge in [0.05, 0.1) is 0 Å². The minimum absolute atomic E-state index is 0.296. The SMILES string of the molecule is CCCOC(CCC)(CCC)OCCC. The van der Waals surface area contributed by atoms with E-state index in [1.807, 2.05) is 0 Å². The van der Waals surface area contributed by atoms with Gasteiger partial charge in [-0.2, -0.15) is 0 Å². The topological polar surface area (TPSA) is 18.5 Å². The van der Waals surface area contributed by atoms with Crippen molar-refractivity contribution in [2.24, 2.45) is 0 Å². The van der Waals surface area contributed by atoms with Crippen LogP contribution in [0.4, 0.5) is 0 Å². The lowest BCUT2D eigenvalue weighted by atomic mass is 10.1. The van der Waals surface area contributed by atoms with Crippen molar-refractivity contribution in [3.8, 4) is 0 Å². The van der Waals surface area contributed by atoms with Crippen LogP contribution in [-0.4, -0.2) is 19.0 Å². The third kappa shape index (κ3) is 6.16. The molecule has 0 aromatic rings. The van der Waals surface area contributed by atoms with Crippen LogP contribution in [0.1, 0.15) is 66.2 Å². The van der Waals surface area contributed by atoms with E-state index in [1.165, 1.54) is 0 Å². The molecule has 0 aromatic carbocycles. The first kappa shape index (κ1) is 14.9. The van der Waals surface area contributed by atoms with Crippen molar-refractivity contribution in [2.45, 2.75) is 72.0 Å². The summed E-state index contributed by atoms with van der Waals surface area (Å²) in [5.41, 5.74) is 0. The second kappa shape index (κ2) is 9.17. The van der Waals surface area contributed by atoms with Gasteiger partial charge in [0.2, 0.25) is 0 Å². The van der Waals surface area contributed by atoms with E-state index >= 15 is 0 Å². The van der Waals surface area contributed by atoms with Crippen LogP contribution in [0.25, 0.3) is 0 Å². The van der Waals surface area contributed by atoms with E-state index < -0.39 is 0 Å². The highest BCUT2D eigenvalue weighted by Gasteiger charge is 2.29. The molecule has 0 unspecified atom stereocenters. The average molecular weight is 216 g/mol. The first-order valence-corrected chi connectivity index (χ1v) is 6.52. The van der Waals surface area contributed by atoms with Gasteiger partial charge in [-0.15, -0.1) is 0 Å². The average Bonchev–Trinajstić information content (AvgIpc) is 2.24. The Labute approximate surface area is 95.3 Å². The zero-order valence-electron chi connectivity index (χ0n) is 11.0. The van der Waals surface area contributed by atoms with Crippen molar-refractivity contribution < 1.29 is 9.47 Å². The normalized spacial score (nSPS) is 12.0. The summed E-state index contributed by atoms with van der Waals surface area (Å²) in [5.74, 6) is -0.296. The van der Waals surface area contributed by atoms with Crippen LogP contribution in [0, 0.1) is 0 Å². The maximum atomic E-state index is 5.94. The predicted molar refractivity (Wildman–Crippen MR) is 65.0 cm³/mol. The molecule has 0 fully saturated rings. The molecule has 0 N–H and O–H groups in total. The Morgan fingerprint density at radius 1 is 0.667 bits per heavy atom. The molecule has 0 rings (SSSR count). The zero-order chi connectivity index (χ0) is 11.6. The van der Waals surface area contributed by atoms with Crippen molar-refractivity contribution in [3.05, 3.63) is 0 Å². The van der Waals surface area contributed by atoms with E-state index in [2.05, 4.69) is 27.7 Å². The van der Waals surface area contributed by atoms with E-state index in [1.54, 1.807) is 0 Å². The fourth-order valence-corrected chi connectivity index (χ4v) is 1.79. The van der Waals surface area contributed by atoms with Gasteiger partial charge in [-0.3, -0.25) is 0 Å². The third-order valence-electron chi connectivity index (χ3n) is 2.40. The number of rotatable bonds is 10. The van der Waals surface area contributed by atoms with Crippen LogP contribution >= 0.6 is 0 Å². The number of hydrogen-bond acceptors (Lipinski definition) is 2. The Morgan fingerprint density at radius 3 is 1.33 bits per heavy atom. The van der Waals surface area contributed by atoms with Gasteiger partial charge in [0, 0.05) is 26.1 Å². The van der Waals surface area contributed by atoms with Gasteiger partial charge >= 0.3 is 0 Å². The summed E-state index contributed by atoms with van der Waals surface area (Å²) in [6.07, 6.45) is 6.39. The summed E-state index contributed by atoms with van der Waals surface area (Å²) in [4.78, 5) is 0. The van der Waals surface area contributed by atoms with Crippen LogP contribution < -0.4 is 0 Å². The molecule has 2 heteroatoms. The molecule has 0 aliphatic rings. The molecule has 0 saturated heterocycles. The largest absolute Gasteiger partial charge is 0.350 e. The van der Waals surface area contributed by atoms with Gasteiger partial charge in [0.15, 0.2) is 5.79 Å². The van der Waals surface area contributed by atoms with E-state index in [4.69, 9.17) is 9.47 Å². The van der Waals surface area contributed by atoms with Crippen LogP contribution in [0.2, 0.25) is 0 Å². The molecule has 0 amide bonds. The number of hydrogen-bond donors (Lipinski definition) is 0. The van der Waals surface area contributed by atoms with Gasteiger partial charge in [0.1, 0.15) is 0 Å². The minimum atomic E-state index is -0.296. The van der Waals surface area contributed by atoms with Gasteiger partial charge in [-0.1, -0.05) is 40.5 Å². The molecule has 2 nitrogen and oxygen atoms in total. The summed E-state index contributed by atoms with van der Waals surface area (Å²) in [6, 6.07) is 0. The summed E-state index contributed by atoms with van der Waals surface area (Å²) < 4.78 is 11.9. The van der Waals surface area contributed by atoms with E-state index in [9.17, 15) is 0 Å². The highest BCUT2D eigenvalue weighted by Crippen LogP contribution is 2.26. The minimum Gasteiger partial charge on any atom is -0.350 e. The fourth-order valence-electron chi connectivity index (χ4n) is 1.79. The lowest BCUT2D eigenvalue weighted by Gasteiger charge is -2.33.